The van der Waals surface area contributed by atoms with Gasteiger partial charge < -0.3 is 23.7 Å². The van der Waals surface area contributed by atoms with Crippen molar-refractivity contribution in [1.82, 2.24) is 0 Å². The van der Waals surface area contributed by atoms with Crippen molar-refractivity contribution in [3.05, 3.63) is 46.6 Å². The van der Waals surface area contributed by atoms with Gasteiger partial charge in [-0.3, -0.25) is 4.79 Å². The number of hydrogen-bond acceptors (Lipinski definition) is 6. The summed E-state index contributed by atoms with van der Waals surface area (Å²) in [6, 6.07) is 4.52. The first-order valence-electron chi connectivity index (χ1n) is 7.58. The molecule has 0 saturated heterocycles. The fourth-order valence-corrected chi connectivity index (χ4v) is 2.96. The smallest absolute Gasteiger partial charge is 0.204 e. The van der Waals surface area contributed by atoms with E-state index in [-0.39, 0.29) is 22.1 Å². The van der Waals surface area contributed by atoms with Crippen LogP contribution in [0.4, 0.5) is 0 Å². The van der Waals surface area contributed by atoms with Gasteiger partial charge in [0.2, 0.25) is 5.43 Å². The van der Waals surface area contributed by atoms with Crippen molar-refractivity contribution >= 4 is 21.9 Å². The van der Waals surface area contributed by atoms with Gasteiger partial charge in [0.15, 0.2) is 11.5 Å². The molecule has 6 heteroatoms. The second-order valence-electron chi connectivity index (χ2n) is 5.41. The highest BCUT2D eigenvalue weighted by Crippen LogP contribution is 2.39. The Kier molecular flexibility index (Phi) is 4.27. The number of phenols is 1. The van der Waals surface area contributed by atoms with Crippen LogP contribution in [0.25, 0.3) is 21.9 Å². The first-order chi connectivity index (χ1) is 12.0. The lowest BCUT2D eigenvalue weighted by molar-refractivity contribution is 0.352. The van der Waals surface area contributed by atoms with Crippen molar-refractivity contribution in [2.24, 2.45) is 0 Å². The zero-order chi connectivity index (χ0) is 18.1. The van der Waals surface area contributed by atoms with Gasteiger partial charge in [-0.05, 0) is 6.42 Å². The second-order valence-corrected chi connectivity index (χ2v) is 5.41. The van der Waals surface area contributed by atoms with Crippen LogP contribution in [0.2, 0.25) is 0 Å². The maximum atomic E-state index is 13.1. The summed E-state index contributed by atoms with van der Waals surface area (Å²) in [5.41, 5.74) is 0.803. The molecule has 2 aromatic carbocycles. The minimum absolute atomic E-state index is 0.0887. The van der Waals surface area contributed by atoms with E-state index in [0.29, 0.717) is 40.2 Å². The molecule has 0 atom stereocenters. The highest BCUT2D eigenvalue weighted by Gasteiger charge is 2.21. The van der Waals surface area contributed by atoms with E-state index in [9.17, 15) is 9.90 Å². The maximum Gasteiger partial charge on any atom is 0.204 e. The summed E-state index contributed by atoms with van der Waals surface area (Å²) in [7, 11) is 4.48. The number of ether oxygens (including phenoxy) is 3. The molecular formula is C19H18O6. The van der Waals surface area contributed by atoms with E-state index in [1.165, 1.54) is 27.4 Å². The van der Waals surface area contributed by atoms with Gasteiger partial charge >= 0.3 is 0 Å². The van der Waals surface area contributed by atoms with Crippen molar-refractivity contribution in [1.29, 1.82) is 0 Å². The molecule has 0 unspecified atom stereocenters. The van der Waals surface area contributed by atoms with Crippen molar-refractivity contribution in [3.8, 4) is 23.0 Å². The van der Waals surface area contributed by atoms with E-state index >= 15 is 0 Å². The summed E-state index contributed by atoms with van der Waals surface area (Å²) in [5, 5.41) is 10.7. The third kappa shape index (κ3) is 2.55. The molecule has 0 aliphatic heterocycles. The summed E-state index contributed by atoms with van der Waals surface area (Å²) in [6.45, 7) is 3.73. The molecule has 3 rings (SSSR count). The van der Waals surface area contributed by atoms with Crippen LogP contribution >= 0.6 is 0 Å². The Labute approximate surface area is 143 Å². The van der Waals surface area contributed by atoms with E-state index in [1.54, 1.807) is 18.2 Å². The molecule has 1 aromatic heterocycles. The number of hydrogen-bond donors (Lipinski definition) is 1. The Hall–Kier alpha value is -3.15. The lowest BCUT2D eigenvalue weighted by atomic mass is 10.0. The van der Waals surface area contributed by atoms with Gasteiger partial charge in [0.25, 0.3) is 0 Å². The van der Waals surface area contributed by atoms with E-state index in [1.807, 2.05) is 0 Å². The number of methoxy groups -OCH3 is 3. The summed E-state index contributed by atoms with van der Waals surface area (Å²) in [6.07, 6.45) is 2.04. The zero-order valence-corrected chi connectivity index (χ0v) is 14.2. The van der Waals surface area contributed by atoms with Crippen LogP contribution < -0.4 is 19.6 Å². The highest BCUT2D eigenvalue weighted by molar-refractivity contribution is 5.97. The molecule has 0 aliphatic carbocycles. The molecule has 0 amide bonds. The van der Waals surface area contributed by atoms with Crippen LogP contribution in [-0.2, 0) is 6.42 Å². The average Bonchev–Trinajstić information content (AvgIpc) is 2.60. The van der Waals surface area contributed by atoms with Crippen molar-refractivity contribution in [2.75, 3.05) is 21.3 Å². The molecule has 3 aromatic rings. The predicted molar refractivity (Wildman–Crippen MR) is 95.2 cm³/mol. The zero-order valence-electron chi connectivity index (χ0n) is 14.2. The van der Waals surface area contributed by atoms with Gasteiger partial charge in [0.1, 0.15) is 28.1 Å². The fourth-order valence-electron chi connectivity index (χ4n) is 2.96. The largest absolute Gasteiger partial charge is 0.507 e. The third-order valence-electron chi connectivity index (χ3n) is 4.05. The molecule has 0 aliphatic rings. The number of phenolic OH excluding ortho intramolecular Hbond substituents is 1. The molecule has 25 heavy (non-hydrogen) atoms. The maximum absolute atomic E-state index is 13.1. The number of allylic oxidation sites excluding steroid dienone is 1. The second kappa shape index (κ2) is 6.39. The highest BCUT2D eigenvalue weighted by atomic mass is 16.5. The van der Waals surface area contributed by atoms with Crippen LogP contribution in [0.5, 0.6) is 23.0 Å². The van der Waals surface area contributed by atoms with Crippen LogP contribution in [0.1, 0.15) is 5.56 Å². The monoisotopic (exact) mass is 342 g/mol. The Morgan fingerprint density at radius 1 is 1.08 bits per heavy atom. The van der Waals surface area contributed by atoms with Gasteiger partial charge in [0.05, 0.1) is 26.7 Å². The van der Waals surface area contributed by atoms with Crippen LogP contribution in [-0.4, -0.2) is 26.4 Å². The van der Waals surface area contributed by atoms with Gasteiger partial charge in [-0.2, -0.15) is 0 Å². The molecule has 0 bridgehead atoms. The van der Waals surface area contributed by atoms with Crippen molar-refractivity contribution < 1.29 is 23.7 Å². The molecule has 0 fully saturated rings. The Morgan fingerprint density at radius 3 is 2.40 bits per heavy atom. The van der Waals surface area contributed by atoms with Gasteiger partial charge in [0, 0.05) is 23.8 Å². The Morgan fingerprint density at radius 2 is 1.80 bits per heavy atom. The van der Waals surface area contributed by atoms with Crippen molar-refractivity contribution in [3.63, 3.8) is 0 Å². The van der Waals surface area contributed by atoms with Crippen molar-refractivity contribution in [2.45, 2.75) is 6.42 Å². The molecule has 0 spiro atoms. The van der Waals surface area contributed by atoms with E-state index < -0.39 is 0 Å². The van der Waals surface area contributed by atoms with E-state index in [2.05, 4.69) is 6.58 Å². The topological polar surface area (TPSA) is 78.1 Å². The lowest BCUT2D eigenvalue weighted by Crippen LogP contribution is -2.08. The number of benzene rings is 2. The Balaban J connectivity index is 2.55. The fraction of sp³-hybridized carbons (Fsp3) is 0.211. The molecule has 0 saturated carbocycles. The van der Waals surface area contributed by atoms with E-state index in [0.717, 1.165) is 0 Å². The molecule has 1 N–H and O–H groups in total. The summed E-state index contributed by atoms with van der Waals surface area (Å²) < 4.78 is 21.8. The quantitative estimate of drug-likeness (QED) is 0.565. The molecule has 6 nitrogen and oxygen atoms in total. The summed E-state index contributed by atoms with van der Waals surface area (Å²) in [4.78, 5) is 13.1. The first kappa shape index (κ1) is 16.7. The first-order valence-corrected chi connectivity index (χ1v) is 7.58. The van der Waals surface area contributed by atoms with Crippen LogP contribution in [0.15, 0.2) is 40.1 Å². The summed E-state index contributed by atoms with van der Waals surface area (Å²) >= 11 is 0. The third-order valence-corrected chi connectivity index (χ3v) is 4.05. The average molecular weight is 342 g/mol. The Bertz CT molecular complexity index is 1030. The predicted octanol–water partition coefficient (Wildman–Crippen LogP) is 3.41. The summed E-state index contributed by atoms with van der Waals surface area (Å²) in [5.74, 6) is 1.07. The SMILES string of the molecule is C=CCc1c(OC)c(OC)cc2oc3cc(OC)cc(O)c3c(=O)c12. The minimum atomic E-state index is -0.353. The minimum Gasteiger partial charge on any atom is -0.507 e. The standard InChI is InChI=1S/C19H18O6/c1-5-6-11-16-14(9-15(23-3)19(11)24-4)25-13-8-10(22-2)7-12(20)17(13)18(16)21/h5,7-9,20H,1,6H2,2-4H3. The van der Waals surface area contributed by atoms with Gasteiger partial charge in [-0.15, -0.1) is 6.58 Å². The van der Waals surface area contributed by atoms with Crippen LogP contribution in [0, 0.1) is 0 Å². The number of fused-ring (bicyclic) bond motifs is 2. The van der Waals surface area contributed by atoms with E-state index in [4.69, 9.17) is 18.6 Å². The van der Waals surface area contributed by atoms with Crippen LogP contribution in [0.3, 0.4) is 0 Å². The number of rotatable bonds is 5. The molecule has 0 radical (unpaired) electrons. The molecule has 1 heterocycles. The molecule has 130 valence electrons. The van der Waals surface area contributed by atoms with Gasteiger partial charge in [-0.1, -0.05) is 6.08 Å². The number of aromatic hydroxyl groups is 1. The molecular weight excluding hydrogens is 324 g/mol. The lowest BCUT2D eigenvalue weighted by Gasteiger charge is -2.15. The normalized spacial score (nSPS) is 10.8. The van der Waals surface area contributed by atoms with Gasteiger partial charge in [-0.25, -0.2) is 0 Å².